The first kappa shape index (κ1) is 8.56. The van der Waals surface area contributed by atoms with Gasteiger partial charge in [-0.1, -0.05) is 6.08 Å². The molecule has 0 aromatic carbocycles. The molecule has 1 aliphatic heterocycles. The lowest BCUT2D eigenvalue weighted by Gasteiger charge is -2.15. The van der Waals surface area contributed by atoms with E-state index in [2.05, 4.69) is 6.58 Å². The first-order valence-corrected chi connectivity index (χ1v) is 4.51. The van der Waals surface area contributed by atoms with Gasteiger partial charge < -0.3 is 9.84 Å². The SMILES string of the molecule is C=CCC1OC1N(C(=O)O)C1CC1. The minimum Gasteiger partial charge on any atom is -0.465 e. The molecule has 1 saturated carbocycles. The van der Waals surface area contributed by atoms with Gasteiger partial charge in [-0.2, -0.15) is 0 Å². The largest absolute Gasteiger partial charge is 0.465 e. The lowest BCUT2D eigenvalue weighted by molar-refractivity contribution is 0.116. The first-order chi connectivity index (χ1) is 6.24. The lowest BCUT2D eigenvalue weighted by atomic mass is 10.3. The van der Waals surface area contributed by atoms with E-state index in [1.54, 1.807) is 6.08 Å². The Morgan fingerprint density at radius 3 is 2.85 bits per heavy atom. The molecule has 2 fully saturated rings. The van der Waals surface area contributed by atoms with Gasteiger partial charge in [0.2, 0.25) is 0 Å². The molecule has 72 valence electrons. The Labute approximate surface area is 76.8 Å². The summed E-state index contributed by atoms with van der Waals surface area (Å²) in [6, 6.07) is 0.206. The van der Waals surface area contributed by atoms with Crippen LogP contribution in [0.3, 0.4) is 0 Å². The van der Waals surface area contributed by atoms with E-state index in [1.165, 1.54) is 4.90 Å². The van der Waals surface area contributed by atoms with Crippen LogP contribution in [0, 0.1) is 0 Å². The molecule has 2 rings (SSSR count). The van der Waals surface area contributed by atoms with E-state index in [9.17, 15) is 4.79 Å². The summed E-state index contributed by atoms with van der Waals surface area (Å²) in [5.41, 5.74) is 0. The minimum absolute atomic E-state index is 0.0502. The molecule has 2 unspecified atom stereocenters. The summed E-state index contributed by atoms with van der Waals surface area (Å²) in [4.78, 5) is 12.3. The van der Waals surface area contributed by atoms with Crippen molar-refractivity contribution >= 4 is 6.09 Å². The summed E-state index contributed by atoms with van der Waals surface area (Å²) in [7, 11) is 0. The van der Waals surface area contributed by atoms with Crippen molar-refractivity contribution < 1.29 is 14.6 Å². The van der Waals surface area contributed by atoms with Crippen molar-refractivity contribution in [3.8, 4) is 0 Å². The maximum Gasteiger partial charge on any atom is 0.409 e. The molecule has 1 amide bonds. The molecule has 2 atom stereocenters. The molecule has 0 bridgehead atoms. The minimum atomic E-state index is -0.862. The number of hydrogen-bond donors (Lipinski definition) is 1. The number of ether oxygens (including phenoxy) is 1. The second-order valence-corrected chi connectivity index (χ2v) is 3.51. The van der Waals surface area contributed by atoms with E-state index in [0.29, 0.717) is 0 Å². The van der Waals surface area contributed by atoms with E-state index in [0.717, 1.165) is 19.3 Å². The van der Waals surface area contributed by atoms with Crippen molar-refractivity contribution in [2.24, 2.45) is 0 Å². The highest BCUT2D eigenvalue weighted by molar-refractivity contribution is 5.66. The molecule has 1 N–H and O–H groups in total. The molecular formula is C9H13NO3. The number of carbonyl (C=O) groups is 1. The van der Waals surface area contributed by atoms with E-state index in [4.69, 9.17) is 9.84 Å². The average molecular weight is 183 g/mol. The normalized spacial score (nSPS) is 31.1. The Bertz CT molecular complexity index is 237. The van der Waals surface area contributed by atoms with Gasteiger partial charge in [-0.15, -0.1) is 6.58 Å². The quantitative estimate of drug-likeness (QED) is 0.530. The van der Waals surface area contributed by atoms with Crippen LogP contribution in [0.1, 0.15) is 19.3 Å². The average Bonchev–Trinajstić information content (AvgIpc) is 2.88. The Morgan fingerprint density at radius 1 is 1.69 bits per heavy atom. The Hall–Kier alpha value is -1.03. The third kappa shape index (κ3) is 1.67. The van der Waals surface area contributed by atoms with Crippen LogP contribution in [-0.4, -0.2) is 34.5 Å². The number of rotatable bonds is 4. The fourth-order valence-corrected chi connectivity index (χ4v) is 1.54. The molecule has 0 aromatic heterocycles. The van der Waals surface area contributed by atoms with E-state index < -0.39 is 6.09 Å². The summed E-state index contributed by atoms with van der Waals surface area (Å²) < 4.78 is 5.26. The molecule has 4 heteroatoms. The third-order valence-electron chi connectivity index (χ3n) is 2.39. The maximum atomic E-state index is 10.8. The van der Waals surface area contributed by atoms with Crippen molar-refractivity contribution in [1.29, 1.82) is 0 Å². The summed E-state index contributed by atoms with van der Waals surface area (Å²) >= 11 is 0. The lowest BCUT2D eigenvalue weighted by Crippen LogP contribution is -2.35. The smallest absolute Gasteiger partial charge is 0.409 e. The molecule has 2 aliphatic rings. The van der Waals surface area contributed by atoms with Crippen molar-refractivity contribution in [2.75, 3.05) is 0 Å². The summed E-state index contributed by atoms with van der Waals surface area (Å²) in [6.07, 6.45) is 3.44. The first-order valence-electron chi connectivity index (χ1n) is 4.51. The monoisotopic (exact) mass is 183 g/mol. The van der Waals surface area contributed by atoms with Crippen LogP contribution in [0.5, 0.6) is 0 Å². The van der Waals surface area contributed by atoms with Gasteiger partial charge in [0.1, 0.15) is 6.10 Å². The van der Waals surface area contributed by atoms with Gasteiger partial charge in [0.05, 0.1) is 0 Å². The molecule has 1 saturated heterocycles. The van der Waals surface area contributed by atoms with Gasteiger partial charge in [-0.3, -0.25) is 4.90 Å². The molecule has 0 radical (unpaired) electrons. The van der Waals surface area contributed by atoms with E-state index in [1.807, 2.05) is 0 Å². The molecule has 0 aromatic rings. The standard InChI is InChI=1S/C9H13NO3/c1-2-3-7-8(13-7)10(9(11)12)6-4-5-6/h2,6-8H,1,3-5H2,(H,11,12). The van der Waals surface area contributed by atoms with Crippen LogP contribution in [-0.2, 0) is 4.74 Å². The fourth-order valence-electron chi connectivity index (χ4n) is 1.54. The Kier molecular flexibility index (Phi) is 2.00. The highest BCUT2D eigenvalue weighted by atomic mass is 16.6. The second kappa shape index (κ2) is 3.03. The highest BCUT2D eigenvalue weighted by Crippen LogP contribution is 2.37. The van der Waals surface area contributed by atoms with Crippen molar-refractivity contribution in [1.82, 2.24) is 4.90 Å². The summed E-state index contributed by atoms with van der Waals surface area (Å²) in [5, 5.41) is 8.90. The summed E-state index contributed by atoms with van der Waals surface area (Å²) in [6.45, 7) is 3.59. The number of carboxylic acid groups (broad SMARTS) is 1. The van der Waals surface area contributed by atoms with Gasteiger partial charge >= 0.3 is 6.09 Å². The Morgan fingerprint density at radius 2 is 2.38 bits per heavy atom. The summed E-state index contributed by atoms with van der Waals surface area (Å²) in [5.74, 6) is 0. The topological polar surface area (TPSA) is 53.1 Å². The molecule has 1 heterocycles. The Balaban J connectivity index is 1.90. The number of amides is 1. The number of nitrogens with zero attached hydrogens (tertiary/aromatic N) is 1. The maximum absolute atomic E-state index is 10.8. The predicted molar refractivity (Wildman–Crippen MR) is 46.4 cm³/mol. The molecule has 0 spiro atoms. The van der Waals surface area contributed by atoms with Crippen molar-refractivity contribution in [3.05, 3.63) is 12.7 Å². The molecule has 1 aliphatic carbocycles. The van der Waals surface area contributed by atoms with Crippen LogP contribution in [0.15, 0.2) is 12.7 Å². The highest BCUT2D eigenvalue weighted by Gasteiger charge is 2.50. The van der Waals surface area contributed by atoms with Crippen LogP contribution >= 0.6 is 0 Å². The predicted octanol–water partition coefficient (Wildman–Crippen LogP) is 1.43. The van der Waals surface area contributed by atoms with E-state index in [-0.39, 0.29) is 18.4 Å². The van der Waals surface area contributed by atoms with E-state index >= 15 is 0 Å². The van der Waals surface area contributed by atoms with Gasteiger partial charge in [0, 0.05) is 6.04 Å². The van der Waals surface area contributed by atoms with Gasteiger partial charge in [-0.05, 0) is 19.3 Å². The van der Waals surface area contributed by atoms with Gasteiger partial charge in [0.15, 0.2) is 6.23 Å². The van der Waals surface area contributed by atoms with Crippen LogP contribution < -0.4 is 0 Å². The molecule has 13 heavy (non-hydrogen) atoms. The van der Waals surface area contributed by atoms with Crippen LogP contribution in [0.25, 0.3) is 0 Å². The van der Waals surface area contributed by atoms with Crippen molar-refractivity contribution in [2.45, 2.75) is 37.6 Å². The zero-order valence-corrected chi connectivity index (χ0v) is 7.35. The second-order valence-electron chi connectivity index (χ2n) is 3.51. The van der Waals surface area contributed by atoms with Crippen LogP contribution in [0.4, 0.5) is 4.79 Å². The molecule has 4 nitrogen and oxygen atoms in total. The number of hydrogen-bond acceptors (Lipinski definition) is 2. The zero-order chi connectivity index (χ0) is 9.42. The zero-order valence-electron chi connectivity index (χ0n) is 7.35. The molecular weight excluding hydrogens is 170 g/mol. The third-order valence-corrected chi connectivity index (χ3v) is 2.39. The van der Waals surface area contributed by atoms with Crippen LogP contribution in [0.2, 0.25) is 0 Å². The van der Waals surface area contributed by atoms with Crippen molar-refractivity contribution in [3.63, 3.8) is 0 Å². The van der Waals surface area contributed by atoms with Gasteiger partial charge in [-0.25, -0.2) is 4.79 Å². The number of epoxide rings is 1. The van der Waals surface area contributed by atoms with Gasteiger partial charge in [0.25, 0.3) is 0 Å². The fraction of sp³-hybridized carbons (Fsp3) is 0.667.